The zero-order chi connectivity index (χ0) is 20.9. The fourth-order valence-electron chi connectivity index (χ4n) is 3.20. The molecule has 9 heteroatoms. The molecule has 1 heterocycles. The summed E-state index contributed by atoms with van der Waals surface area (Å²) in [6.07, 6.45) is 0.570. The van der Waals surface area contributed by atoms with Gasteiger partial charge in [0.1, 0.15) is 11.6 Å². The van der Waals surface area contributed by atoms with Gasteiger partial charge in [0.25, 0.3) is 0 Å². The van der Waals surface area contributed by atoms with Crippen LogP contribution in [0.3, 0.4) is 0 Å². The first-order chi connectivity index (χ1) is 13.9. The largest absolute Gasteiger partial charge is 0.351 e. The Morgan fingerprint density at radius 1 is 0.966 bits per heavy atom. The van der Waals surface area contributed by atoms with Gasteiger partial charge in [-0.05, 0) is 43.3 Å². The summed E-state index contributed by atoms with van der Waals surface area (Å²) in [4.78, 5) is 14.1. The van der Waals surface area contributed by atoms with E-state index in [1.807, 2.05) is 4.90 Å². The Morgan fingerprint density at radius 2 is 1.69 bits per heavy atom. The smallest absolute Gasteiger partial charge is 0.243 e. The molecule has 0 atom stereocenters. The molecule has 1 aliphatic rings. The molecular weight excluding hydrogens is 400 g/mol. The summed E-state index contributed by atoms with van der Waals surface area (Å²) in [5, 5.41) is 2.69. The lowest BCUT2D eigenvalue weighted by atomic mass is 10.2. The van der Waals surface area contributed by atoms with Crippen molar-refractivity contribution in [3.8, 4) is 0 Å². The van der Waals surface area contributed by atoms with Gasteiger partial charge in [-0.1, -0.05) is 18.2 Å². The van der Waals surface area contributed by atoms with Crippen LogP contribution in [0.15, 0.2) is 53.4 Å². The van der Waals surface area contributed by atoms with Crippen LogP contribution in [0.5, 0.6) is 0 Å². The van der Waals surface area contributed by atoms with Crippen LogP contribution in [0.1, 0.15) is 12.0 Å². The maximum atomic E-state index is 13.6. The molecule has 2 aromatic carbocycles. The van der Waals surface area contributed by atoms with Crippen molar-refractivity contribution in [3.63, 3.8) is 0 Å². The molecule has 156 valence electrons. The van der Waals surface area contributed by atoms with Crippen molar-refractivity contribution in [2.24, 2.45) is 0 Å². The number of hydrogen-bond donors (Lipinski definition) is 1. The molecule has 0 saturated carbocycles. The van der Waals surface area contributed by atoms with Gasteiger partial charge in [0.05, 0.1) is 11.4 Å². The Labute approximate surface area is 169 Å². The van der Waals surface area contributed by atoms with Crippen LogP contribution < -0.4 is 5.32 Å². The van der Waals surface area contributed by atoms with Gasteiger partial charge in [0, 0.05) is 31.7 Å². The Balaban J connectivity index is 1.53. The van der Waals surface area contributed by atoms with Gasteiger partial charge in [-0.3, -0.25) is 9.69 Å². The molecule has 0 radical (unpaired) electrons. The first-order valence-electron chi connectivity index (χ1n) is 9.34. The molecule has 3 rings (SSSR count). The van der Waals surface area contributed by atoms with Crippen molar-refractivity contribution in [2.75, 3.05) is 32.7 Å². The molecule has 29 heavy (non-hydrogen) atoms. The quantitative estimate of drug-likeness (QED) is 0.772. The van der Waals surface area contributed by atoms with Crippen LogP contribution in [-0.4, -0.2) is 56.3 Å². The van der Waals surface area contributed by atoms with Gasteiger partial charge in [0.2, 0.25) is 15.9 Å². The van der Waals surface area contributed by atoms with E-state index in [1.165, 1.54) is 22.5 Å². The van der Waals surface area contributed by atoms with E-state index in [1.54, 1.807) is 18.2 Å². The van der Waals surface area contributed by atoms with E-state index in [-0.39, 0.29) is 36.3 Å². The molecule has 1 saturated heterocycles. The maximum absolute atomic E-state index is 13.6. The lowest BCUT2D eigenvalue weighted by molar-refractivity contribution is -0.122. The number of rotatable bonds is 6. The highest BCUT2D eigenvalue weighted by Gasteiger charge is 2.27. The number of sulfonamides is 1. The first kappa shape index (κ1) is 21.4. The number of carbonyl (C=O) groups excluding carboxylic acids is 1. The third-order valence-electron chi connectivity index (χ3n) is 4.80. The highest BCUT2D eigenvalue weighted by molar-refractivity contribution is 7.89. The SMILES string of the molecule is O=C(CN1CCCN(S(=O)(=O)c2ccc(F)cc2)CC1)NCc1ccccc1F. The number of benzene rings is 2. The molecule has 0 aromatic heterocycles. The molecule has 0 aliphatic carbocycles. The summed E-state index contributed by atoms with van der Waals surface area (Å²) in [7, 11) is -3.71. The fraction of sp³-hybridized carbons (Fsp3) is 0.350. The average molecular weight is 423 g/mol. The highest BCUT2D eigenvalue weighted by Crippen LogP contribution is 2.18. The second-order valence-electron chi connectivity index (χ2n) is 6.86. The van der Waals surface area contributed by atoms with Gasteiger partial charge in [-0.25, -0.2) is 17.2 Å². The van der Waals surface area contributed by atoms with E-state index in [0.29, 0.717) is 31.6 Å². The Bertz CT molecular complexity index is 952. The molecule has 0 bridgehead atoms. The van der Waals surface area contributed by atoms with Crippen LogP contribution in [0.4, 0.5) is 8.78 Å². The number of nitrogens with zero attached hydrogens (tertiary/aromatic N) is 2. The van der Waals surface area contributed by atoms with E-state index in [9.17, 15) is 22.0 Å². The summed E-state index contributed by atoms with van der Waals surface area (Å²) < 4.78 is 53.5. The number of amides is 1. The summed E-state index contributed by atoms with van der Waals surface area (Å²) >= 11 is 0. The molecule has 2 aromatic rings. The number of carbonyl (C=O) groups is 1. The number of hydrogen-bond acceptors (Lipinski definition) is 4. The van der Waals surface area contributed by atoms with Crippen molar-refractivity contribution in [1.29, 1.82) is 0 Å². The molecule has 6 nitrogen and oxygen atoms in total. The standard InChI is InChI=1S/C20H23F2N3O3S/c21-17-6-8-18(9-7-17)29(27,28)25-11-3-10-24(12-13-25)15-20(26)23-14-16-4-1-2-5-19(16)22/h1-2,4-9H,3,10-15H2,(H,23,26). The highest BCUT2D eigenvalue weighted by atomic mass is 32.2. The van der Waals surface area contributed by atoms with E-state index in [2.05, 4.69) is 5.32 Å². The summed E-state index contributed by atoms with van der Waals surface area (Å²) in [5.41, 5.74) is 0.410. The zero-order valence-electron chi connectivity index (χ0n) is 15.9. The third kappa shape index (κ3) is 5.59. The van der Waals surface area contributed by atoms with E-state index in [4.69, 9.17) is 0 Å². The van der Waals surface area contributed by atoms with Crippen LogP contribution in [0.2, 0.25) is 0 Å². The fourth-order valence-corrected chi connectivity index (χ4v) is 4.67. The number of nitrogens with one attached hydrogen (secondary N) is 1. The zero-order valence-corrected chi connectivity index (χ0v) is 16.7. The minimum atomic E-state index is -3.71. The van der Waals surface area contributed by atoms with Crippen molar-refractivity contribution in [1.82, 2.24) is 14.5 Å². The third-order valence-corrected chi connectivity index (χ3v) is 6.71. The molecule has 1 N–H and O–H groups in total. The molecule has 0 spiro atoms. The summed E-state index contributed by atoms with van der Waals surface area (Å²) in [5.74, 6) is -1.11. The predicted octanol–water partition coefficient (Wildman–Crippen LogP) is 1.98. The molecule has 0 unspecified atom stereocenters. The monoisotopic (exact) mass is 423 g/mol. The minimum absolute atomic E-state index is 0.0509. The molecule has 1 fully saturated rings. The lowest BCUT2D eigenvalue weighted by Gasteiger charge is -2.21. The van der Waals surface area contributed by atoms with E-state index < -0.39 is 15.8 Å². The second kappa shape index (κ2) is 9.43. The Morgan fingerprint density at radius 3 is 2.41 bits per heavy atom. The lowest BCUT2D eigenvalue weighted by Crippen LogP contribution is -2.40. The van der Waals surface area contributed by atoms with Gasteiger partial charge in [-0.15, -0.1) is 0 Å². The van der Waals surface area contributed by atoms with Crippen molar-refractivity contribution in [3.05, 3.63) is 65.7 Å². The van der Waals surface area contributed by atoms with Crippen LogP contribution in [0.25, 0.3) is 0 Å². The van der Waals surface area contributed by atoms with Crippen molar-refractivity contribution < 1.29 is 22.0 Å². The molecular formula is C20H23F2N3O3S. The van der Waals surface area contributed by atoms with Crippen LogP contribution in [0, 0.1) is 11.6 Å². The molecule has 1 aliphatic heterocycles. The number of halogens is 2. The Hall–Kier alpha value is -2.36. The first-order valence-corrected chi connectivity index (χ1v) is 10.8. The molecule has 1 amide bonds. The van der Waals surface area contributed by atoms with Gasteiger partial charge < -0.3 is 5.32 Å². The summed E-state index contributed by atoms with van der Waals surface area (Å²) in [6, 6.07) is 11.0. The average Bonchev–Trinajstić information content (AvgIpc) is 2.94. The van der Waals surface area contributed by atoms with Crippen molar-refractivity contribution in [2.45, 2.75) is 17.9 Å². The van der Waals surface area contributed by atoms with E-state index >= 15 is 0 Å². The van der Waals surface area contributed by atoms with Gasteiger partial charge >= 0.3 is 0 Å². The maximum Gasteiger partial charge on any atom is 0.243 e. The van der Waals surface area contributed by atoms with Crippen LogP contribution in [-0.2, 0) is 21.4 Å². The van der Waals surface area contributed by atoms with Gasteiger partial charge in [0.15, 0.2) is 0 Å². The van der Waals surface area contributed by atoms with E-state index in [0.717, 1.165) is 12.1 Å². The van der Waals surface area contributed by atoms with Gasteiger partial charge in [-0.2, -0.15) is 4.31 Å². The van der Waals surface area contributed by atoms with Crippen molar-refractivity contribution >= 4 is 15.9 Å². The topological polar surface area (TPSA) is 69.7 Å². The summed E-state index contributed by atoms with van der Waals surface area (Å²) in [6.45, 7) is 1.74. The predicted molar refractivity (Wildman–Crippen MR) is 104 cm³/mol. The van der Waals surface area contributed by atoms with Crippen LogP contribution >= 0.6 is 0 Å². The second-order valence-corrected chi connectivity index (χ2v) is 8.79. The minimum Gasteiger partial charge on any atom is -0.351 e. The normalized spacial score (nSPS) is 16.3. The Kier molecular flexibility index (Phi) is 6.94.